The van der Waals surface area contributed by atoms with E-state index in [1.807, 2.05) is 48.5 Å². The minimum absolute atomic E-state index is 0.00320. The van der Waals surface area contributed by atoms with Crippen LogP contribution in [-0.4, -0.2) is 81.4 Å². The van der Waals surface area contributed by atoms with Gasteiger partial charge in [0.2, 0.25) is 23.6 Å². The Hall–Kier alpha value is -7.76. The van der Waals surface area contributed by atoms with Gasteiger partial charge in [-0.3, -0.25) is 19.2 Å². The molecule has 5 aromatic rings. The number of aromatic nitrogens is 1. The number of carbonyl (C=O) groups excluding carboxylic acids is 4. The third-order valence-corrected chi connectivity index (χ3v) is 9.73. The van der Waals surface area contributed by atoms with Crippen LogP contribution in [0, 0.1) is 10.1 Å². The average Bonchev–Trinajstić information content (AvgIpc) is 3.66. The molecule has 1 heterocycles. The van der Waals surface area contributed by atoms with E-state index >= 15 is 0 Å². The molecule has 4 amide bonds. The number of nitro groups is 1. The fourth-order valence-electron chi connectivity index (χ4n) is 6.66. The Morgan fingerprint density at radius 2 is 1.27 bits per heavy atom. The van der Waals surface area contributed by atoms with Crippen LogP contribution in [0.25, 0.3) is 10.9 Å². The Morgan fingerprint density at radius 1 is 0.726 bits per heavy atom. The zero-order chi connectivity index (χ0) is 44.4. The summed E-state index contributed by atoms with van der Waals surface area (Å²) < 4.78 is 5.88. The fourth-order valence-corrected chi connectivity index (χ4v) is 6.66. The number of rotatable bonds is 22. The summed E-state index contributed by atoms with van der Waals surface area (Å²) in [5, 5.41) is 36.9. The molecule has 0 saturated carbocycles. The molecule has 62 heavy (non-hydrogen) atoms. The van der Waals surface area contributed by atoms with Gasteiger partial charge in [0.15, 0.2) is 5.03 Å². The molecule has 0 bridgehead atoms. The molecule has 9 N–H and O–H groups in total. The summed E-state index contributed by atoms with van der Waals surface area (Å²) >= 11 is 0. The molecule has 0 unspecified atom stereocenters. The summed E-state index contributed by atoms with van der Waals surface area (Å²) in [6, 6.07) is 27.7. The van der Waals surface area contributed by atoms with Gasteiger partial charge in [0.05, 0.1) is 0 Å². The summed E-state index contributed by atoms with van der Waals surface area (Å²) in [4.78, 5) is 80.8. The average molecular weight is 848 g/mol. The number of nitrogens with two attached hydrogens (primary N) is 1. The van der Waals surface area contributed by atoms with Crippen LogP contribution in [-0.2, 0) is 49.8 Å². The van der Waals surface area contributed by atoms with Gasteiger partial charge in [0.1, 0.15) is 41.6 Å². The van der Waals surface area contributed by atoms with Crippen molar-refractivity contribution in [3.05, 3.63) is 148 Å². The SMILES string of the molecule is CC(=O)N[C@@H](Cc1ccc(OCc2ccccc2)cc1)C(=O)N[C@H](Cc1ccccc1)C(=O)N[C@@H](CCCN/C(N)=N/[N+](=O)[O-])C(=O)N[C@@H](Cc1c[nH]c2ccccc12)C(=O)O. The maximum atomic E-state index is 14.2. The van der Waals surface area contributed by atoms with Gasteiger partial charge in [-0.15, -0.1) is 0 Å². The third kappa shape index (κ3) is 14.2. The van der Waals surface area contributed by atoms with Crippen molar-refractivity contribution in [3.63, 3.8) is 0 Å². The first kappa shape index (κ1) is 45.3. The number of fused-ring (bicyclic) bond motifs is 1. The van der Waals surface area contributed by atoms with Crippen LogP contribution in [0.3, 0.4) is 0 Å². The number of ether oxygens (including phenoxy) is 1. The van der Waals surface area contributed by atoms with E-state index in [-0.39, 0.29) is 38.6 Å². The van der Waals surface area contributed by atoms with E-state index in [4.69, 9.17) is 10.5 Å². The van der Waals surface area contributed by atoms with E-state index in [0.29, 0.717) is 29.0 Å². The molecule has 324 valence electrons. The van der Waals surface area contributed by atoms with Crippen molar-refractivity contribution in [2.45, 2.75) is 69.8 Å². The van der Waals surface area contributed by atoms with Crippen LogP contribution < -0.4 is 37.1 Å². The number of hydrogen-bond acceptors (Lipinski definition) is 8. The number of nitrogens with zero attached hydrogens (tertiary/aromatic N) is 2. The molecule has 0 spiro atoms. The number of carboxylic acids is 1. The molecule has 0 saturated heterocycles. The molecule has 5 rings (SSSR count). The van der Waals surface area contributed by atoms with Crippen molar-refractivity contribution in [1.82, 2.24) is 31.6 Å². The Morgan fingerprint density at radius 3 is 1.90 bits per heavy atom. The topological polar surface area (TPSA) is 272 Å². The lowest BCUT2D eigenvalue weighted by molar-refractivity contribution is -0.485. The molecule has 4 aromatic carbocycles. The summed E-state index contributed by atoms with van der Waals surface area (Å²) in [5.41, 5.74) is 9.34. The number of aliphatic carboxylic acids is 1. The van der Waals surface area contributed by atoms with Gasteiger partial charge in [-0.25, -0.2) is 14.9 Å². The Kier molecular flexibility index (Phi) is 16.5. The van der Waals surface area contributed by atoms with Gasteiger partial charge in [-0.05, 0) is 53.3 Å². The normalized spacial score (nSPS) is 13.1. The van der Waals surface area contributed by atoms with Gasteiger partial charge in [0, 0.05) is 49.8 Å². The van der Waals surface area contributed by atoms with E-state index in [1.165, 1.54) is 6.92 Å². The molecule has 0 aliphatic carbocycles. The Labute approximate surface area is 356 Å². The molecular formula is C44H49N9O9. The first-order chi connectivity index (χ1) is 29.8. The number of nitrogens with one attached hydrogen (secondary N) is 6. The van der Waals surface area contributed by atoms with Crippen LogP contribution in [0.1, 0.15) is 42.0 Å². The number of hydrazone groups is 1. The maximum Gasteiger partial charge on any atom is 0.326 e. The van der Waals surface area contributed by atoms with Gasteiger partial charge in [-0.1, -0.05) is 91.0 Å². The number of guanidine groups is 1. The molecule has 0 aliphatic heterocycles. The van der Waals surface area contributed by atoms with E-state index in [1.54, 1.807) is 66.9 Å². The van der Waals surface area contributed by atoms with Crippen molar-refractivity contribution in [1.29, 1.82) is 0 Å². The predicted octanol–water partition coefficient (Wildman–Crippen LogP) is 2.69. The lowest BCUT2D eigenvalue weighted by atomic mass is 10.0. The molecule has 18 heteroatoms. The van der Waals surface area contributed by atoms with Crippen LogP contribution in [0.5, 0.6) is 5.75 Å². The molecule has 18 nitrogen and oxygen atoms in total. The lowest BCUT2D eigenvalue weighted by Gasteiger charge is -2.26. The van der Waals surface area contributed by atoms with Gasteiger partial charge in [-0.2, -0.15) is 0 Å². The number of amides is 4. The zero-order valence-electron chi connectivity index (χ0n) is 33.9. The standard InChI is InChI=1S/C44H49N9O9/c1-28(54)48-37(24-30-18-20-33(21-19-30)62-27-31-13-6-3-7-14-31)41(56)50-38(23-29-11-4-2-5-12-29)42(57)49-36(17-10-22-46-44(45)52-53(60)61)40(55)51-39(43(58)59)25-32-26-47-35-16-9-8-15-34(32)35/h2-9,11-16,18-21,26,36-39,47H,10,17,22-25,27H2,1H3,(H,48,54)(H,49,57)(H,50,56)(H,51,55)(H,58,59)(H3,45,46,52)/t36-,37-,38+,39-/m0/s1. The number of hydrogen-bond donors (Lipinski definition) is 8. The largest absolute Gasteiger partial charge is 0.489 e. The Balaban J connectivity index is 1.33. The van der Waals surface area contributed by atoms with Crippen LogP contribution in [0.15, 0.2) is 120 Å². The number of para-hydroxylation sites is 1. The highest BCUT2D eigenvalue weighted by Crippen LogP contribution is 2.20. The second-order valence-corrected chi connectivity index (χ2v) is 14.4. The van der Waals surface area contributed by atoms with Crippen molar-refractivity contribution in [2.24, 2.45) is 10.8 Å². The van der Waals surface area contributed by atoms with Crippen LogP contribution in [0.2, 0.25) is 0 Å². The molecule has 0 fully saturated rings. The number of aromatic amines is 1. The van der Waals surface area contributed by atoms with Crippen molar-refractivity contribution in [2.75, 3.05) is 6.54 Å². The maximum absolute atomic E-state index is 14.2. The minimum atomic E-state index is -1.40. The molecule has 0 aliphatic rings. The van der Waals surface area contributed by atoms with E-state index in [9.17, 15) is 39.2 Å². The molecular weight excluding hydrogens is 799 g/mol. The van der Waals surface area contributed by atoms with E-state index in [2.05, 4.69) is 36.7 Å². The van der Waals surface area contributed by atoms with Crippen LogP contribution in [0.4, 0.5) is 0 Å². The molecule has 4 atom stereocenters. The van der Waals surface area contributed by atoms with Crippen molar-refractivity contribution < 1.29 is 38.8 Å². The predicted molar refractivity (Wildman–Crippen MR) is 230 cm³/mol. The van der Waals surface area contributed by atoms with Gasteiger partial charge < -0.3 is 47.1 Å². The quantitative estimate of drug-likeness (QED) is 0.0165. The zero-order valence-corrected chi connectivity index (χ0v) is 33.9. The summed E-state index contributed by atoms with van der Waals surface area (Å²) in [6.45, 7) is 1.63. The van der Waals surface area contributed by atoms with Crippen molar-refractivity contribution >= 4 is 46.5 Å². The lowest BCUT2D eigenvalue weighted by Crippen LogP contribution is -2.58. The smallest absolute Gasteiger partial charge is 0.326 e. The first-order valence-electron chi connectivity index (χ1n) is 19.8. The van der Waals surface area contributed by atoms with E-state index in [0.717, 1.165) is 16.5 Å². The molecule has 1 aromatic heterocycles. The van der Waals surface area contributed by atoms with E-state index < -0.39 is 64.8 Å². The second-order valence-electron chi connectivity index (χ2n) is 14.4. The first-order valence-corrected chi connectivity index (χ1v) is 19.8. The number of carbonyl (C=O) groups is 5. The third-order valence-electron chi connectivity index (χ3n) is 9.73. The Bertz CT molecular complexity index is 2340. The number of carboxylic acid groups (broad SMARTS) is 1. The second kappa shape index (κ2) is 22.6. The minimum Gasteiger partial charge on any atom is -0.489 e. The monoisotopic (exact) mass is 847 g/mol. The van der Waals surface area contributed by atoms with Gasteiger partial charge in [0.25, 0.3) is 5.96 Å². The highest BCUT2D eigenvalue weighted by atomic mass is 16.7. The summed E-state index contributed by atoms with van der Waals surface area (Å²) in [6.07, 6.45) is 1.67. The molecule has 0 radical (unpaired) electrons. The van der Waals surface area contributed by atoms with Crippen molar-refractivity contribution in [3.8, 4) is 5.75 Å². The summed E-state index contributed by atoms with van der Waals surface area (Å²) in [7, 11) is 0. The fraction of sp³-hybridized carbons (Fsp3) is 0.273. The van der Waals surface area contributed by atoms with Crippen LogP contribution >= 0.6 is 0 Å². The number of benzene rings is 4. The summed E-state index contributed by atoms with van der Waals surface area (Å²) in [5.74, 6) is -3.93. The highest BCUT2D eigenvalue weighted by molar-refractivity contribution is 5.95. The van der Waals surface area contributed by atoms with Gasteiger partial charge >= 0.3 is 5.97 Å². The highest BCUT2D eigenvalue weighted by Gasteiger charge is 2.32. The number of H-pyrrole nitrogens is 1.